The van der Waals surface area contributed by atoms with E-state index in [-0.39, 0.29) is 5.91 Å². The average Bonchev–Trinajstić information content (AvgIpc) is 3.17. The van der Waals surface area contributed by atoms with Gasteiger partial charge in [-0.25, -0.2) is 4.79 Å². The van der Waals surface area contributed by atoms with Gasteiger partial charge < -0.3 is 14.6 Å². The third-order valence-corrected chi connectivity index (χ3v) is 5.62. The van der Waals surface area contributed by atoms with E-state index in [9.17, 15) is 9.59 Å². The first-order chi connectivity index (χ1) is 13.7. The van der Waals surface area contributed by atoms with E-state index in [0.717, 1.165) is 17.5 Å². The van der Waals surface area contributed by atoms with Gasteiger partial charge in [-0.1, -0.05) is 42.5 Å². The Labute approximate surface area is 162 Å². The molecule has 0 unspecified atom stereocenters. The number of cyclic esters (lactones) is 1. The van der Waals surface area contributed by atoms with Crippen molar-refractivity contribution in [3.63, 3.8) is 0 Å². The van der Waals surface area contributed by atoms with Gasteiger partial charge in [-0.2, -0.15) is 0 Å². The highest BCUT2D eigenvalue weighted by Crippen LogP contribution is 2.30. The van der Waals surface area contributed by atoms with Crippen molar-refractivity contribution in [3.05, 3.63) is 77.5 Å². The molecule has 0 aliphatic carbocycles. The topological polar surface area (TPSA) is 62.4 Å². The number of rotatable bonds is 2. The highest BCUT2D eigenvalue weighted by atomic mass is 16.5. The van der Waals surface area contributed by atoms with E-state index in [1.165, 1.54) is 16.5 Å². The second kappa shape index (κ2) is 6.68. The molecule has 5 rings (SSSR count). The zero-order chi connectivity index (χ0) is 19.1. The lowest BCUT2D eigenvalue weighted by Crippen LogP contribution is -2.45. The maximum Gasteiger partial charge on any atom is 0.339 e. The maximum absolute atomic E-state index is 12.9. The minimum Gasteiger partial charge on any atom is -0.448 e. The Bertz CT molecular complexity index is 1110. The molecule has 2 aliphatic heterocycles. The zero-order valence-electron chi connectivity index (χ0n) is 15.4. The number of amides is 1. The lowest BCUT2D eigenvalue weighted by molar-refractivity contribution is -0.140. The summed E-state index contributed by atoms with van der Waals surface area (Å²) in [5.74, 6) is -0.524. The van der Waals surface area contributed by atoms with Crippen molar-refractivity contribution in [2.45, 2.75) is 18.9 Å². The minimum atomic E-state index is -0.731. The summed E-state index contributed by atoms with van der Waals surface area (Å²) in [5.41, 5.74) is 4.99. The van der Waals surface area contributed by atoms with E-state index in [2.05, 4.69) is 23.2 Å². The van der Waals surface area contributed by atoms with Gasteiger partial charge in [0, 0.05) is 42.2 Å². The Kier molecular flexibility index (Phi) is 4.01. The number of para-hydroxylation sites is 1. The van der Waals surface area contributed by atoms with Crippen LogP contribution in [-0.4, -0.2) is 41.0 Å². The van der Waals surface area contributed by atoms with Crippen molar-refractivity contribution in [3.8, 4) is 0 Å². The summed E-state index contributed by atoms with van der Waals surface area (Å²) >= 11 is 0. The monoisotopic (exact) mass is 372 g/mol. The molecule has 3 heterocycles. The normalized spacial score (nSPS) is 19.1. The molecule has 2 aliphatic rings. The number of hydrogen-bond acceptors (Lipinski definition) is 3. The maximum atomic E-state index is 12.9. The number of carbonyl (C=O) groups is 2. The van der Waals surface area contributed by atoms with Gasteiger partial charge in [0.1, 0.15) is 0 Å². The van der Waals surface area contributed by atoms with Crippen LogP contribution < -0.4 is 0 Å². The summed E-state index contributed by atoms with van der Waals surface area (Å²) in [4.78, 5) is 30.2. The molecule has 5 heteroatoms. The zero-order valence-corrected chi connectivity index (χ0v) is 15.4. The molecule has 1 atom stereocenters. The van der Waals surface area contributed by atoms with Gasteiger partial charge in [0.25, 0.3) is 5.91 Å². The number of hydrogen-bond donors (Lipinski definition) is 1. The standard InChI is InChI=1S/C23H20N2O3/c26-22(21-13-16-5-1-2-6-17(16)23(27)28-21)25-11-9-15(10-12-25)19-14-24-20-8-4-3-7-18(19)20/h1-9,14,21,24H,10-13H2/t21-/m0/s1. The molecular weight excluding hydrogens is 352 g/mol. The van der Waals surface area contributed by atoms with Gasteiger partial charge in [-0.15, -0.1) is 0 Å². The van der Waals surface area contributed by atoms with Gasteiger partial charge in [-0.3, -0.25) is 4.79 Å². The molecule has 28 heavy (non-hydrogen) atoms. The number of ether oxygens (including phenoxy) is 1. The number of nitrogens with one attached hydrogen (secondary N) is 1. The molecule has 0 saturated carbocycles. The molecule has 1 aromatic heterocycles. The molecule has 0 fully saturated rings. The molecule has 0 saturated heterocycles. The average molecular weight is 372 g/mol. The fraction of sp³-hybridized carbons (Fsp3) is 0.217. The summed E-state index contributed by atoms with van der Waals surface area (Å²) in [6, 6.07) is 15.6. The molecule has 0 radical (unpaired) electrons. The van der Waals surface area contributed by atoms with Crippen LogP contribution in [0, 0.1) is 0 Å². The number of nitrogens with zero attached hydrogens (tertiary/aromatic N) is 1. The number of carbonyl (C=O) groups excluding carboxylic acids is 2. The first-order valence-corrected chi connectivity index (χ1v) is 9.54. The molecule has 5 nitrogen and oxygen atoms in total. The summed E-state index contributed by atoms with van der Waals surface area (Å²) in [6.45, 7) is 1.16. The molecule has 3 aromatic rings. The fourth-order valence-corrected chi connectivity index (χ4v) is 4.12. The molecule has 1 N–H and O–H groups in total. The summed E-state index contributed by atoms with van der Waals surface area (Å²) in [5, 5.41) is 1.20. The third kappa shape index (κ3) is 2.80. The number of benzene rings is 2. The quantitative estimate of drug-likeness (QED) is 0.700. The van der Waals surface area contributed by atoms with Crippen LogP contribution in [0.2, 0.25) is 0 Å². The predicted molar refractivity (Wildman–Crippen MR) is 107 cm³/mol. The van der Waals surface area contributed by atoms with Crippen molar-refractivity contribution in [2.24, 2.45) is 0 Å². The summed E-state index contributed by atoms with van der Waals surface area (Å²) < 4.78 is 5.43. The Morgan fingerprint density at radius 1 is 1.07 bits per heavy atom. The van der Waals surface area contributed by atoms with E-state index in [4.69, 9.17) is 4.74 Å². The predicted octanol–water partition coefficient (Wildman–Crippen LogP) is 3.57. The van der Waals surface area contributed by atoms with E-state index < -0.39 is 12.1 Å². The third-order valence-electron chi connectivity index (χ3n) is 5.62. The van der Waals surface area contributed by atoms with Crippen molar-refractivity contribution >= 4 is 28.4 Å². The first kappa shape index (κ1) is 16.8. The van der Waals surface area contributed by atoms with Crippen LogP contribution >= 0.6 is 0 Å². The van der Waals surface area contributed by atoms with Gasteiger partial charge in [0.2, 0.25) is 0 Å². The van der Waals surface area contributed by atoms with E-state index in [1.807, 2.05) is 36.5 Å². The van der Waals surface area contributed by atoms with Crippen molar-refractivity contribution < 1.29 is 14.3 Å². The fourth-order valence-electron chi connectivity index (χ4n) is 4.12. The van der Waals surface area contributed by atoms with Crippen LogP contribution in [0.4, 0.5) is 0 Å². The van der Waals surface area contributed by atoms with Crippen LogP contribution in [-0.2, 0) is 16.0 Å². The van der Waals surface area contributed by atoms with Gasteiger partial charge in [0.15, 0.2) is 6.10 Å². The number of aromatic amines is 1. The van der Waals surface area contributed by atoms with Crippen LogP contribution in [0.1, 0.15) is 27.9 Å². The Morgan fingerprint density at radius 3 is 2.75 bits per heavy atom. The lowest BCUT2D eigenvalue weighted by Gasteiger charge is -2.31. The Balaban J connectivity index is 1.33. The molecule has 2 aromatic carbocycles. The number of H-pyrrole nitrogens is 1. The van der Waals surface area contributed by atoms with Crippen LogP contribution in [0.25, 0.3) is 16.5 Å². The number of esters is 1. The molecular formula is C23H20N2O3. The highest BCUT2D eigenvalue weighted by molar-refractivity contribution is 5.96. The Hall–Kier alpha value is -3.34. The van der Waals surface area contributed by atoms with Crippen molar-refractivity contribution in [2.75, 3.05) is 13.1 Å². The van der Waals surface area contributed by atoms with Gasteiger partial charge >= 0.3 is 5.97 Å². The van der Waals surface area contributed by atoms with Crippen molar-refractivity contribution in [1.29, 1.82) is 0 Å². The smallest absolute Gasteiger partial charge is 0.339 e. The molecule has 1 amide bonds. The van der Waals surface area contributed by atoms with E-state index >= 15 is 0 Å². The van der Waals surface area contributed by atoms with Gasteiger partial charge in [-0.05, 0) is 29.7 Å². The van der Waals surface area contributed by atoms with E-state index in [0.29, 0.717) is 25.1 Å². The van der Waals surface area contributed by atoms with E-state index in [1.54, 1.807) is 11.0 Å². The van der Waals surface area contributed by atoms with Crippen LogP contribution in [0.5, 0.6) is 0 Å². The minimum absolute atomic E-state index is 0.114. The largest absolute Gasteiger partial charge is 0.448 e. The second-order valence-electron chi connectivity index (χ2n) is 7.27. The van der Waals surface area contributed by atoms with Gasteiger partial charge in [0.05, 0.1) is 5.56 Å². The summed E-state index contributed by atoms with van der Waals surface area (Å²) in [7, 11) is 0. The molecule has 0 spiro atoms. The highest BCUT2D eigenvalue weighted by Gasteiger charge is 2.34. The number of aromatic nitrogens is 1. The summed E-state index contributed by atoms with van der Waals surface area (Å²) in [6.07, 6.45) is 4.63. The molecule has 140 valence electrons. The second-order valence-corrected chi connectivity index (χ2v) is 7.27. The first-order valence-electron chi connectivity index (χ1n) is 9.54. The number of fused-ring (bicyclic) bond motifs is 2. The molecule has 0 bridgehead atoms. The SMILES string of the molecule is O=C1O[C@H](C(=O)N2CC=C(c3c[nH]c4ccccc34)CC2)Cc2ccccc21. The van der Waals surface area contributed by atoms with Crippen LogP contribution in [0.3, 0.4) is 0 Å². The van der Waals surface area contributed by atoms with Crippen molar-refractivity contribution in [1.82, 2.24) is 9.88 Å². The lowest BCUT2D eigenvalue weighted by atomic mass is 9.96. The Morgan fingerprint density at radius 2 is 1.89 bits per heavy atom. The van der Waals surface area contributed by atoms with Crippen LogP contribution in [0.15, 0.2) is 60.8 Å².